The van der Waals surface area contributed by atoms with Gasteiger partial charge in [0.2, 0.25) is 0 Å². The number of fused-ring (bicyclic) bond motifs is 1. The van der Waals surface area contributed by atoms with E-state index in [1.54, 1.807) is 6.07 Å². The van der Waals surface area contributed by atoms with E-state index in [-0.39, 0.29) is 0 Å². The van der Waals surface area contributed by atoms with Crippen LogP contribution in [0, 0.1) is 13.8 Å². The van der Waals surface area contributed by atoms with Gasteiger partial charge in [0.05, 0.1) is 16.7 Å². The van der Waals surface area contributed by atoms with E-state index in [1.807, 2.05) is 23.0 Å². The highest BCUT2D eigenvalue weighted by atomic mass is 79.9. The molecule has 2 aromatic carbocycles. The molecule has 100 valence electrons. The van der Waals surface area contributed by atoms with Gasteiger partial charge in [0.25, 0.3) is 0 Å². The molecule has 0 amide bonds. The lowest BCUT2D eigenvalue weighted by molar-refractivity contribution is 0.112. The molecule has 0 unspecified atom stereocenters. The van der Waals surface area contributed by atoms with Crippen LogP contribution in [0.15, 0.2) is 41.1 Å². The molecule has 3 aromatic rings. The summed E-state index contributed by atoms with van der Waals surface area (Å²) < 4.78 is 2.90. The smallest absolute Gasteiger partial charge is 0.150 e. The van der Waals surface area contributed by atoms with Gasteiger partial charge in [-0.15, -0.1) is 0 Å². The van der Waals surface area contributed by atoms with Crippen molar-refractivity contribution in [1.29, 1.82) is 0 Å². The molecule has 3 nitrogen and oxygen atoms in total. The van der Waals surface area contributed by atoms with Crippen LogP contribution in [-0.4, -0.2) is 15.8 Å². The molecule has 0 aliphatic carbocycles. The van der Waals surface area contributed by atoms with Crippen molar-refractivity contribution < 1.29 is 4.79 Å². The van der Waals surface area contributed by atoms with E-state index in [9.17, 15) is 4.79 Å². The van der Waals surface area contributed by atoms with Crippen molar-refractivity contribution in [2.45, 2.75) is 13.8 Å². The van der Waals surface area contributed by atoms with Crippen LogP contribution in [0.4, 0.5) is 0 Å². The summed E-state index contributed by atoms with van der Waals surface area (Å²) in [6.45, 7) is 4.18. The molecule has 4 heteroatoms. The van der Waals surface area contributed by atoms with Crippen molar-refractivity contribution in [3.05, 3.63) is 57.8 Å². The zero-order valence-corrected chi connectivity index (χ0v) is 12.8. The fraction of sp³-hybridized carbons (Fsp3) is 0.125. The molecule has 0 aliphatic heterocycles. The average molecular weight is 329 g/mol. The lowest BCUT2D eigenvalue weighted by Gasteiger charge is -2.08. The molecule has 1 aromatic heterocycles. The van der Waals surface area contributed by atoms with Crippen molar-refractivity contribution in [2.24, 2.45) is 0 Å². The van der Waals surface area contributed by atoms with E-state index >= 15 is 0 Å². The molecule has 20 heavy (non-hydrogen) atoms. The van der Waals surface area contributed by atoms with Gasteiger partial charge >= 0.3 is 0 Å². The number of aromatic nitrogens is 2. The molecule has 0 fully saturated rings. The standard InChI is InChI=1S/C16H13BrN2O/c1-10-5-14-16(6-11(10)2)19(9-18-14)15-4-3-12(8-20)7-13(15)17/h3-9H,1-2H3. The van der Waals surface area contributed by atoms with Gasteiger partial charge in [0.15, 0.2) is 0 Å². The third-order valence-electron chi connectivity index (χ3n) is 3.53. The van der Waals surface area contributed by atoms with E-state index < -0.39 is 0 Å². The molecule has 0 N–H and O–H groups in total. The fourth-order valence-electron chi connectivity index (χ4n) is 2.25. The topological polar surface area (TPSA) is 34.9 Å². The van der Waals surface area contributed by atoms with E-state index in [0.717, 1.165) is 27.5 Å². The quantitative estimate of drug-likeness (QED) is 0.660. The third-order valence-corrected chi connectivity index (χ3v) is 4.17. The van der Waals surface area contributed by atoms with Crippen molar-refractivity contribution >= 4 is 33.2 Å². The highest BCUT2D eigenvalue weighted by Gasteiger charge is 2.09. The van der Waals surface area contributed by atoms with Crippen molar-refractivity contribution in [3.63, 3.8) is 0 Å². The van der Waals surface area contributed by atoms with Gasteiger partial charge in [-0.2, -0.15) is 0 Å². The Labute approximate surface area is 125 Å². The lowest BCUT2D eigenvalue weighted by atomic mass is 10.1. The third kappa shape index (κ3) is 2.06. The molecule has 0 radical (unpaired) electrons. The fourth-order valence-corrected chi connectivity index (χ4v) is 2.84. The van der Waals surface area contributed by atoms with Crippen LogP contribution in [0.25, 0.3) is 16.7 Å². The minimum Gasteiger partial charge on any atom is -0.298 e. The molecule has 0 saturated carbocycles. The molecular formula is C16H13BrN2O. The summed E-state index contributed by atoms with van der Waals surface area (Å²) in [5.41, 5.74) is 6.13. The van der Waals surface area contributed by atoms with Crippen LogP contribution < -0.4 is 0 Å². The number of nitrogens with zero attached hydrogens (tertiary/aromatic N) is 2. The molecule has 0 bridgehead atoms. The zero-order chi connectivity index (χ0) is 14.3. The van der Waals surface area contributed by atoms with Crippen LogP contribution in [-0.2, 0) is 0 Å². The number of halogens is 1. The first-order valence-corrected chi connectivity index (χ1v) is 7.09. The Morgan fingerprint density at radius 1 is 1.15 bits per heavy atom. The minimum absolute atomic E-state index is 0.650. The second-order valence-electron chi connectivity index (χ2n) is 4.87. The lowest BCUT2D eigenvalue weighted by Crippen LogP contribution is -1.95. The number of imidazole rings is 1. The number of rotatable bonds is 2. The summed E-state index contributed by atoms with van der Waals surface area (Å²) in [4.78, 5) is 15.3. The van der Waals surface area contributed by atoms with Crippen LogP contribution in [0.5, 0.6) is 0 Å². The van der Waals surface area contributed by atoms with Gasteiger partial charge < -0.3 is 0 Å². The monoisotopic (exact) mass is 328 g/mol. The predicted octanol–water partition coefficient (Wildman–Crippen LogP) is 4.22. The van der Waals surface area contributed by atoms with Crippen molar-refractivity contribution in [1.82, 2.24) is 9.55 Å². The number of hydrogen-bond acceptors (Lipinski definition) is 2. The van der Waals surface area contributed by atoms with Crippen molar-refractivity contribution in [2.75, 3.05) is 0 Å². The van der Waals surface area contributed by atoms with E-state index in [2.05, 4.69) is 46.9 Å². The Morgan fingerprint density at radius 2 is 1.90 bits per heavy atom. The molecule has 0 spiro atoms. The van der Waals surface area contributed by atoms with E-state index in [0.29, 0.717) is 5.56 Å². The van der Waals surface area contributed by atoms with E-state index in [4.69, 9.17) is 0 Å². The molecular weight excluding hydrogens is 316 g/mol. The van der Waals surface area contributed by atoms with Gasteiger partial charge in [-0.05, 0) is 71.2 Å². The molecule has 0 saturated heterocycles. The van der Waals surface area contributed by atoms with Gasteiger partial charge in [-0.25, -0.2) is 4.98 Å². The summed E-state index contributed by atoms with van der Waals surface area (Å²) in [6, 6.07) is 9.77. The maximum absolute atomic E-state index is 10.8. The first-order chi connectivity index (χ1) is 9.60. The number of carbonyl (C=O) groups is 1. The van der Waals surface area contributed by atoms with E-state index in [1.165, 1.54) is 11.1 Å². The molecule has 1 heterocycles. The second kappa shape index (κ2) is 4.87. The normalized spacial score (nSPS) is 10.9. The average Bonchev–Trinajstić information content (AvgIpc) is 2.82. The Kier molecular flexibility index (Phi) is 3.18. The summed E-state index contributed by atoms with van der Waals surface area (Å²) in [5, 5.41) is 0. The van der Waals surface area contributed by atoms with Gasteiger partial charge in [-0.3, -0.25) is 9.36 Å². The summed E-state index contributed by atoms with van der Waals surface area (Å²) in [5.74, 6) is 0. The minimum atomic E-state index is 0.650. The largest absolute Gasteiger partial charge is 0.298 e. The van der Waals surface area contributed by atoms with Gasteiger partial charge in [0.1, 0.15) is 12.6 Å². The molecule has 0 atom stereocenters. The maximum Gasteiger partial charge on any atom is 0.150 e. The Balaban J connectivity index is 2.24. The Morgan fingerprint density at radius 3 is 2.60 bits per heavy atom. The maximum atomic E-state index is 10.8. The van der Waals surface area contributed by atoms with Crippen molar-refractivity contribution in [3.8, 4) is 5.69 Å². The highest BCUT2D eigenvalue weighted by molar-refractivity contribution is 9.10. The second-order valence-corrected chi connectivity index (χ2v) is 5.72. The van der Waals surface area contributed by atoms with Crippen LogP contribution in [0.3, 0.4) is 0 Å². The van der Waals surface area contributed by atoms with Crippen LogP contribution in [0.2, 0.25) is 0 Å². The molecule has 0 aliphatic rings. The summed E-state index contributed by atoms with van der Waals surface area (Å²) >= 11 is 3.52. The SMILES string of the molecule is Cc1cc2ncn(-c3ccc(C=O)cc3Br)c2cc1C. The number of benzene rings is 2. The number of aryl methyl sites for hydroxylation is 2. The summed E-state index contributed by atoms with van der Waals surface area (Å²) in [7, 11) is 0. The Hall–Kier alpha value is -1.94. The first kappa shape index (κ1) is 13.1. The van der Waals surface area contributed by atoms with Crippen LogP contribution in [0.1, 0.15) is 21.5 Å². The zero-order valence-electron chi connectivity index (χ0n) is 11.2. The Bertz CT molecular complexity index is 821. The number of hydrogen-bond donors (Lipinski definition) is 0. The predicted molar refractivity (Wildman–Crippen MR) is 83.6 cm³/mol. The van der Waals surface area contributed by atoms with Gasteiger partial charge in [-0.1, -0.05) is 0 Å². The highest BCUT2D eigenvalue weighted by Crippen LogP contribution is 2.27. The van der Waals surface area contributed by atoms with Crippen LogP contribution >= 0.6 is 15.9 Å². The van der Waals surface area contributed by atoms with Gasteiger partial charge in [0, 0.05) is 10.0 Å². The molecule has 3 rings (SSSR count). The number of aldehydes is 1. The number of carbonyl (C=O) groups excluding carboxylic acids is 1. The summed E-state index contributed by atoms with van der Waals surface area (Å²) in [6.07, 6.45) is 2.65. The first-order valence-electron chi connectivity index (χ1n) is 6.29.